The molecule has 2 aromatic rings. The van der Waals surface area contributed by atoms with Crippen molar-refractivity contribution in [2.75, 3.05) is 11.1 Å². The summed E-state index contributed by atoms with van der Waals surface area (Å²) in [6, 6.07) is 14.6. The molecule has 20 heavy (non-hydrogen) atoms. The summed E-state index contributed by atoms with van der Waals surface area (Å²) in [6.07, 6.45) is 0. The van der Waals surface area contributed by atoms with E-state index in [-0.39, 0.29) is 11.2 Å². The molecular formula is C15H15ClN2OS. The monoisotopic (exact) mass is 306 g/mol. The van der Waals surface area contributed by atoms with Gasteiger partial charge in [-0.25, -0.2) is 0 Å². The van der Waals surface area contributed by atoms with Crippen molar-refractivity contribution >= 4 is 40.6 Å². The van der Waals surface area contributed by atoms with Crippen LogP contribution in [0.4, 0.5) is 11.4 Å². The number of amides is 1. The van der Waals surface area contributed by atoms with Gasteiger partial charge in [-0.2, -0.15) is 0 Å². The predicted octanol–water partition coefficient (Wildman–Crippen LogP) is 4.04. The summed E-state index contributed by atoms with van der Waals surface area (Å²) >= 11 is 7.31. The summed E-state index contributed by atoms with van der Waals surface area (Å²) in [4.78, 5) is 13.1. The van der Waals surface area contributed by atoms with Crippen LogP contribution in [0.1, 0.15) is 6.92 Å². The van der Waals surface area contributed by atoms with Gasteiger partial charge in [0.15, 0.2) is 0 Å². The van der Waals surface area contributed by atoms with Crippen LogP contribution in [-0.4, -0.2) is 11.2 Å². The summed E-state index contributed by atoms with van der Waals surface area (Å²) < 4.78 is 0. The number of nitrogens with one attached hydrogen (secondary N) is 1. The summed E-state index contributed by atoms with van der Waals surface area (Å²) in [5, 5.41) is 3.32. The number of nitrogen functional groups attached to an aromatic ring is 1. The van der Waals surface area contributed by atoms with E-state index in [1.54, 1.807) is 12.1 Å². The lowest BCUT2D eigenvalue weighted by Crippen LogP contribution is -2.22. The molecule has 0 spiro atoms. The van der Waals surface area contributed by atoms with Crippen molar-refractivity contribution in [1.29, 1.82) is 0 Å². The van der Waals surface area contributed by atoms with Crippen LogP contribution in [0.25, 0.3) is 0 Å². The third kappa shape index (κ3) is 4.18. The van der Waals surface area contributed by atoms with Gasteiger partial charge in [-0.15, -0.1) is 11.8 Å². The maximum Gasteiger partial charge on any atom is 0.237 e. The number of hydrogen-bond acceptors (Lipinski definition) is 3. The highest BCUT2D eigenvalue weighted by atomic mass is 35.5. The van der Waals surface area contributed by atoms with Crippen molar-refractivity contribution < 1.29 is 4.79 Å². The smallest absolute Gasteiger partial charge is 0.237 e. The standard InChI is InChI=1S/C15H15ClN2OS/c1-10(20-14-7-5-11(16)6-8-14)15(19)18-13-4-2-3-12(17)9-13/h2-10H,17H2,1H3,(H,18,19). The molecule has 1 amide bonds. The van der Waals surface area contributed by atoms with E-state index in [1.165, 1.54) is 11.8 Å². The van der Waals surface area contributed by atoms with Gasteiger partial charge in [-0.3, -0.25) is 4.79 Å². The number of anilines is 2. The lowest BCUT2D eigenvalue weighted by atomic mass is 10.3. The van der Waals surface area contributed by atoms with Crippen LogP contribution in [-0.2, 0) is 4.79 Å². The molecule has 104 valence electrons. The first-order valence-electron chi connectivity index (χ1n) is 6.13. The van der Waals surface area contributed by atoms with Crippen molar-refractivity contribution in [1.82, 2.24) is 0 Å². The number of thioether (sulfide) groups is 1. The zero-order valence-electron chi connectivity index (χ0n) is 11.0. The largest absolute Gasteiger partial charge is 0.399 e. The summed E-state index contributed by atoms with van der Waals surface area (Å²) in [5.74, 6) is -0.0597. The van der Waals surface area contributed by atoms with Gasteiger partial charge in [0, 0.05) is 21.3 Å². The average molecular weight is 307 g/mol. The molecule has 0 fully saturated rings. The Morgan fingerprint density at radius 1 is 1.25 bits per heavy atom. The first-order valence-corrected chi connectivity index (χ1v) is 7.39. The number of halogens is 1. The van der Waals surface area contributed by atoms with Crippen LogP contribution < -0.4 is 11.1 Å². The van der Waals surface area contributed by atoms with Crippen molar-refractivity contribution in [2.24, 2.45) is 0 Å². The number of benzene rings is 2. The van der Waals surface area contributed by atoms with Gasteiger partial charge in [-0.1, -0.05) is 17.7 Å². The highest BCUT2D eigenvalue weighted by Gasteiger charge is 2.14. The third-order valence-corrected chi connectivity index (χ3v) is 4.01. The van der Waals surface area contributed by atoms with Gasteiger partial charge in [0.05, 0.1) is 5.25 Å². The van der Waals surface area contributed by atoms with Crippen LogP contribution in [0.2, 0.25) is 5.02 Å². The normalized spacial score (nSPS) is 11.9. The fraction of sp³-hybridized carbons (Fsp3) is 0.133. The molecule has 0 bridgehead atoms. The minimum absolute atomic E-state index is 0.0597. The maximum atomic E-state index is 12.1. The molecule has 0 saturated carbocycles. The van der Waals surface area contributed by atoms with Crippen LogP contribution in [0.5, 0.6) is 0 Å². The maximum absolute atomic E-state index is 12.1. The van der Waals surface area contributed by atoms with Gasteiger partial charge < -0.3 is 11.1 Å². The van der Waals surface area contributed by atoms with Gasteiger partial charge in [0.1, 0.15) is 0 Å². The van der Waals surface area contributed by atoms with Crippen LogP contribution in [0.15, 0.2) is 53.4 Å². The predicted molar refractivity (Wildman–Crippen MR) is 86.3 cm³/mol. The summed E-state index contributed by atoms with van der Waals surface area (Å²) in [6.45, 7) is 1.86. The molecule has 2 aromatic carbocycles. The second-order valence-corrected chi connectivity index (χ2v) is 6.18. The number of carbonyl (C=O) groups excluding carboxylic acids is 1. The molecule has 2 rings (SSSR count). The molecule has 3 N–H and O–H groups in total. The van der Waals surface area contributed by atoms with E-state index in [0.29, 0.717) is 16.4 Å². The number of nitrogens with two attached hydrogens (primary N) is 1. The van der Waals surface area contributed by atoms with Crippen molar-refractivity contribution in [3.8, 4) is 0 Å². The van der Waals surface area contributed by atoms with Crippen molar-refractivity contribution in [3.63, 3.8) is 0 Å². The Morgan fingerprint density at radius 3 is 2.60 bits per heavy atom. The minimum Gasteiger partial charge on any atom is -0.399 e. The van der Waals surface area contributed by atoms with Gasteiger partial charge in [-0.05, 0) is 49.4 Å². The molecule has 3 nitrogen and oxygen atoms in total. The van der Waals surface area contributed by atoms with Crippen LogP contribution in [0, 0.1) is 0 Å². The molecule has 0 aromatic heterocycles. The number of carbonyl (C=O) groups is 1. The Kier molecular flexibility index (Phi) is 4.93. The molecule has 0 aliphatic heterocycles. The minimum atomic E-state index is -0.211. The zero-order chi connectivity index (χ0) is 14.5. The van der Waals surface area contributed by atoms with E-state index in [4.69, 9.17) is 17.3 Å². The number of rotatable bonds is 4. The van der Waals surface area contributed by atoms with Gasteiger partial charge in [0.2, 0.25) is 5.91 Å². The van der Waals surface area contributed by atoms with E-state index in [1.807, 2.05) is 43.3 Å². The van der Waals surface area contributed by atoms with E-state index in [2.05, 4.69) is 5.32 Å². The van der Waals surface area contributed by atoms with Crippen LogP contribution in [0.3, 0.4) is 0 Å². The molecule has 1 unspecified atom stereocenters. The Balaban J connectivity index is 1.96. The molecule has 0 saturated heterocycles. The highest BCUT2D eigenvalue weighted by Crippen LogP contribution is 2.25. The average Bonchev–Trinajstić information content (AvgIpc) is 2.41. The molecule has 0 aliphatic carbocycles. The SMILES string of the molecule is CC(Sc1ccc(Cl)cc1)C(=O)Nc1cccc(N)c1. The zero-order valence-corrected chi connectivity index (χ0v) is 12.5. The molecular weight excluding hydrogens is 292 g/mol. The second-order valence-electron chi connectivity index (χ2n) is 4.33. The lowest BCUT2D eigenvalue weighted by Gasteiger charge is -2.12. The Morgan fingerprint density at radius 2 is 1.95 bits per heavy atom. The third-order valence-electron chi connectivity index (χ3n) is 2.65. The number of hydrogen-bond donors (Lipinski definition) is 2. The van der Waals surface area contributed by atoms with E-state index >= 15 is 0 Å². The first kappa shape index (κ1) is 14.8. The van der Waals surface area contributed by atoms with E-state index in [9.17, 15) is 4.79 Å². The molecule has 5 heteroatoms. The molecule has 0 radical (unpaired) electrons. The van der Waals surface area contributed by atoms with Crippen LogP contribution >= 0.6 is 23.4 Å². The van der Waals surface area contributed by atoms with E-state index < -0.39 is 0 Å². The Bertz CT molecular complexity index is 601. The Labute approximate surface area is 127 Å². The van der Waals surface area contributed by atoms with Crippen molar-refractivity contribution in [2.45, 2.75) is 17.1 Å². The lowest BCUT2D eigenvalue weighted by molar-refractivity contribution is -0.115. The van der Waals surface area contributed by atoms with Gasteiger partial charge in [0.25, 0.3) is 0 Å². The van der Waals surface area contributed by atoms with Gasteiger partial charge >= 0.3 is 0 Å². The topological polar surface area (TPSA) is 55.1 Å². The molecule has 1 atom stereocenters. The summed E-state index contributed by atoms with van der Waals surface area (Å²) in [7, 11) is 0. The van der Waals surface area contributed by atoms with Crippen molar-refractivity contribution in [3.05, 3.63) is 53.6 Å². The fourth-order valence-electron chi connectivity index (χ4n) is 1.63. The summed E-state index contributed by atoms with van der Waals surface area (Å²) in [5.41, 5.74) is 7.01. The first-order chi connectivity index (χ1) is 9.54. The fourth-order valence-corrected chi connectivity index (χ4v) is 2.62. The quantitative estimate of drug-likeness (QED) is 0.662. The second kappa shape index (κ2) is 6.68. The molecule has 0 aliphatic rings. The highest BCUT2D eigenvalue weighted by molar-refractivity contribution is 8.00. The molecule has 0 heterocycles. The Hall–Kier alpha value is -1.65. The van der Waals surface area contributed by atoms with E-state index in [0.717, 1.165) is 4.90 Å².